The van der Waals surface area contributed by atoms with Gasteiger partial charge in [-0.3, -0.25) is 4.79 Å². The lowest BCUT2D eigenvalue weighted by molar-refractivity contribution is -0.121. The molecular formula is C19H20N2O3. The maximum atomic E-state index is 12.4. The molecule has 1 heterocycles. The Morgan fingerprint density at radius 1 is 1.25 bits per heavy atom. The third-order valence-electron chi connectivity index (χ3n) is 4.05. The second kappa shape index (κ2) is 7.19. The van der Waals surface area contributed by atoms with E-state index in [1.165, 1.54) is 0 Å². The SMILES string of the molecule is COc1ccc2[nH]cc(CC(=O)NC(CO)c3ccccc3)c2c1. The number of methoxy groups -OCH3 is 1. The fourth-order valence-electron chi connectivity index (χ4n) is 2.77. The summed E-state index contributed by atoms with van der Waals surface area (Å²) in [6.07, 6.45) is 2.07. The van der Waals surface area contributed by atoms with E-state index >= 15 is 0 Å². The number of carbonyl (C=O) groups excluding carboxylic acids is 1. The van der Waals surface area contributed by atoms with Crippen LogP contribution in [0.4, 0.5) is 0 Å². The molecular weight excluding hydrogens is 304 g/mol. The van der Waals surface area contributed by atoms with Crippen LogP contribution in [0.15, 0.2) is 54.7 Å². The van der Waals surface area contributed by atoms with Crippen molar-refractivity contribution >= 4 is 16.8 Å². The molecule has 3 rings (SSSR count). The Morgan fingerprint density at radius 3 is 2.75 bits per heavy atom. The first kappa shape index (κ1) is 16.1. The molecule has 124 valence electrons. The molecule has 0 saturated heterocycles. The molecule has 3 aromatic rings. The summed E-state index contributed by atoms with van der Waals surface area (Å²) in [7, 11) is 1.62. The van der Waals surface area contributed by atoms with Gasteiger partial charge in [0.15, 0.2) is 0 Å². The van der Waals surface area contributed by atoms with Gasteiger partial charge in [0, 0.05) is 17.1 Å². The number of aromatic nitrogens is 1. The molecule has 5 nitrogen and oxygen atoms in total. The van der Waals surface area contributed by atoms with Crippen LogP contribution in [0.3, 0.4) is 0 Å². The number of nitrogens with one attached hydrogen (secondary N) is 2. The van der Waals surface area contributed by atoms with Crippen molar-refractivity contribution in [2.24, 2.45) is 0 Å². The lowest BCUT2D eigenvalue weighted by atomic mass is 10.1. The van der Waals surface area contributed by atoms with Gasteiger partial charge in [0.25, 0.3) is 0 Å². The standard InChI is InChI=1S/C19H20N2O3/c1-24-15-7-8-17-16(10-15)14(11-20-17)9-19(23)21-18(12-22)13-5-3-2-4-6-13/h2-8,10-11,18,20,22H,9,12H2,1H3,(H,21,23). The number of hydrogen-bond donors (Lipinski definition) is 3. The van der Waals surface area contributed by atoms with E-state index in [9.17, 15) is 9.90 Å². The second-order valence-corrected chi connectivity index (χ2v) is 5.62. The fourth-order valence-corrected chi connectivity index (χ4v) is 2.77. The van der Waals surface area contributed by atoms with Gasteiger partial charge in [-0.25, -0.2) is 0 Å². The lowest BCUT2D eigenvalue weighted by Crippen LogP contribution is -2.31. The highest BCUT2D eigenvalue weighted by molar-refractivity contribution is 5.89. The predicted molar refractivity (Wildman–Crippen MR) is 93.0 cm³/mol. The van der Waals surface area contributed by atoms with Crippen LogP contribution in [0.1, 0.15) is 17.2 Å². The summed E-state index contributed by atoms with van der Waals surface area (Å²) in [4.78, 5) is 15.5. The Labute approximate surface area is 140 Å². The van der Waals surface area contributed by atoms with Crippen molar-refractivity contribution in [1.82, 2.24) is 10.3 Å². The van der Waals surface area contributed by atoms with E-state index in [1.807, 2.05) is 54.7 Å². The molecule has 1 amide bonds. The van der Waals surface area contributed by atoms with E-state index in [2.05, 4.69) is 10.3 Å². The molecule has 0 fully saturated rings. The smallest absolute Gasteiger partial charge is 0.225 e. The average Bonchev–Trinajstić information content (AvgIpc) is 3.02. The van der Waals surface area contributed by atoms with Gasteiger partial charge in [0.05, 0.1) is 26.2 Å². The van der Waals surface area contributed by atoms with Gasteiger partial charge < -0.3 is 20.1 Å². The van der Waals surface area contributed by atoms with Crippen LogP contribution in [-0.4, -0.2) is 29.7 Å². The van der Waals surface area contributed by atoms with Gasteiger partial charge in [-0.2, -0.15) is 0 Å². The van der Waals surface area contributed by atoms with Crippen molar-refractivity contribution in [2.45, 2.75) is 12.5 Å². The first-order valence-corrected chi connectivity index (χ1v) is 7.80. The van der Waals surface area contributed by atoms with Crippen molar-refractivity contribution < 1.29 is 14.6 Å². The summed E-state index contributed by atoms with van der Waals surface area (Å²) in [5, 5.41) is 13.4. The topological polar surface area (TPSA) is 74.4 Å². The first-order valence-electron chi connectivity index (χ1n) is 7.80. The summed E-state index contributed by atoms with van der Waals surface area (Å²) in [6, 6.07) is 14.8. The Balaban J connectivity index is 1.75. The van der Waals surface area contributed by atoms with E-state index in [-0.39, 0.29) is 18.9 Å². The summed E-state index contributed by atoms with van der Waals surface area (Å²) in [6.45, 7) is -0.141. The average molecular weight is 324 g/mol. The molecule has 0 radical (unpaired) electrons. The molecule has 0 spiro atoms. The number of carbonyl (C=O) groups is 1. The monoisotopic (exact) mass is 324 g/mol. The summed E-state index contributed by atoms with van der Waals surface area (Å²) in [5.74, 6) is 0.614. The van der Waals surface area contributed by atoms with Crippen LogP contribution in [0.25, 0.3) is 10.9 Å². The van der Waals surface area contributed by atoms with Gasteiger partial charge in [0.1, 0.15) is 5.75 Å². The number of amides is 1. The maximum absolute atomic E-state index is 12.4. The van der Waals surface area contributed by atoms with Crippen LogP contribution in [0, 0.1) is 0 Å². The highest BCUT2D eigenvalue weighted by Crippen LogP contribution is 2.24. The minimum absolute atomic E-state index is 0.137. The van der Waals surface area contributed by atoms with E-state index in [4.69, 9.17) is 4.74 Å². The number of aliphatic hydroxyl groups excluding tert-OH is 1. The molecule has 0 bridgehead atoms. The Hall–Kier alpha value is -2.79. The normalized spacial score (nSPS) is 12.1. The first-order chi connectivity index (χ1) is 11.7. The van der Waals surface area contributed by atoms with E-state index in [0.29, 0.717) is 0 Å². The molecule has 1 atom stereocenters. The Bertz CT molecular complexity index is 827. The number of aromatic amines is 1. The number of benzene rings is 2. The molecule has 1 aromatic heterocycles. The van der Waals surface area contributed by atoms with Gasteiger partial charge in [0.2, 0.25) is 5.91 Å². The third-order valence-corrected chi connectivity index (χ3v) is 4.05. The van der Waals surface area contributed by atoms with Crippen LogP contribution >= 0.6 is 0 Å². The van der Waals surface area contributed by atoms with Crippen molar-refractivity contribution in [3.05, 3.63) is 65.9 Å². The minimum atomic E-state index is -0.404. The number of aliphatic hydroxyl groups is 1. The lowest BCUT2D eigenvalue weighted by Gasteiger charge is -2.16. The third kappa shape index (κ3) is 3.41. The zero-order valence-electron chi connectivity index (χ0n) is 13.5. The molecule has 0 saturated carbocycles. The van der Waals surface area contributed by atoms with Crippen LogP contribution < -0.4 is 10.1 Å². The molecule has 5 heteroatoms. The van der Waals surface area contributed by atoms with Gasteiger partial charge in [-0.1, -0.05) is 30.3 Å². The van der Waals surface area contributed by atoms with Crippen molar-refractivity contribution in [3.8, 4) is 5.75 Å². The summed E-state index contributed by atoms with van der Waals surface area (Å²) in [5.41, 5.74) is 2.74. The molecule has 0 aliphatic carbocycles. The molecule has 0 aliphatic rings. The number of rotatable bonds is 6. The Kier molecular flexibility index (Phi) is 4.82. The van der Waals surface area contributed by atoms with Crippen LogP contribution in [0.2, 0.25) is 0 Å². The Morgan fingerprint density at radius 2 is 2.04 bits per heavy atom. The molecule has 24 heavy (non-hydrogen) atoms. The number of hydrogen-bond acceptors (Lipinski definition) is 3. The van der Waals surface area contributed by atoms with Crippen molar-refractivity contribution in [2.75, 3.05) is 13.7 Å². The predicted octanol–water partition coefficient (Wildman–Crippen LogP) is 2.57. The zero-order chi connectivity index (χ0) is 16.9. The van der Waals surface area contributed by atoms with Crippen molar-refractivity contribution in [3.63, 3.8) is 0 Å². The van der Waals surface area contributed by atoms with Gasteiger partial charge in [-0.15, -0.1) is 0 Å². The molecule has 0 aliphatic heterocycles. The second-order valence-electron chi connectivity index (χ2n) is 5.62. The van der Waals surface area contributed by atoms with Gasteiger partial charge >= 0.3 is 0 Å². The van der Waals surface area contributed by atoms with Crippen LogP contribution in [-0.2, 0) is 11.2 Å². The zero-order valence-corrected chi connectivity index (χ0v) is 13.5. The summed E-state index contributed by atoms with van der Waals surface area (Å²) < 4.78 is 5.24. The molecule has 3 N–H and O–H groups in total. The van der Waals surface area contributed by atoms with E-state index in [0.717, 1.165) is 27.8 Å². The number of H-pyrrole nitrogens is 1. The number of ether oxygens (including phenoxy) is 1. The van der Waals surface area contributed by atoms with Crippen molar-refractivity contribution in [1.29, 1.82) is 0 Å². The van der Waals surface area contributed by atoms with Crippen LogP contribution in [0.5, 0.6) is 5.75 Å². The largest absolute Gasteiger partial charge is 0.497 e. The highest BCUT2D eigenvalue weighted by atomic mass is 16.5. The minimum Gasteiger partial charge on any atom is -0.497 e. The fraction of sp³-hybridized carbons (Fsp3) is 0.211. The maximum Gasteiger partial charge on any atom is 0.225 e. The van der Waals surface area contributed by atoms with E-state index in [1.54, 1.807) is 7.11 Å². The molecule has 1 unspecified atom stereocenters. The summed E-state index contributed by atoms with van der Waals surface area (Å²) >= 11 is 0. The quantitative estimate of drug-likeness (QED) is 0.652. The van der Waals surface area contributed by atoms with Gasteiger partial charge in [-0.05, 0) is 29.3 Å². The highest BCUT2D eigenvalue weighted by Gasteiger charge is 2.15. The van der Waals surface area contributed by atoms with E-state index < -0.39 is 6.04 Å². The number of fused-ring (bicyclic) bond motifs is 1. The molecule has 2 aromatic carbocycles.